The van der Waals surface area contributed by atoms with E-state index in [0.717, 1.165) is 29.7 Å². The van der Waals surface area contributed by atoms with Gasteiger partial charge in [-0.05, 0) is 13.3 Å². The molecule has 0 aliphatic heterocycles. The molecule has 3 heteroatoms. The van der Waals surface area contributed by atoms with Crippen LogP contribution in [0.1, 0.15) is 30.4 Å². The summed E-state index contributed by atoms with van der Waals surface area (Å²) in [5.74, 6) is 0.958. The summed E-state index contributed by atoms with van der Waals surface area (Å²) in [6, 6.07) is 0. The van der Waals surface area contributed by atoms with E-state index in [1.807, 2.05) is 13.1 Å². The van der Waals surface area contributed by atoms with Crippen LogP contribution in [0, 0.1) is 6.92 Å². The number of halogens is 1. The molecule has 0 N–H and O–H groups in total. The van der Waals surface area contributed by atoms with E-state index in [4.69, 9.17) is 0 Å². The summed E-state index contributed by atoms with van der Waals surface area (Å²) in [6.45, 7) is 4.16. The van der Waals surface area contributed by atoms with Gasteiger partial charge in [0.05, 0.1) is 0 Å². The molecule has 0 unspecified atom stereocenters. The highest BCUT2D eigenvalue weighted by atomic mass is 79.9. The van der Waals surface area contributed by atoms with Crippen LogP contribution in [-0.4, -0.2) is 9.97 Å². The zero-order chi connectivity index (χ0) is 8.97. The van der Waals surface area contributed by atoms with Crippen molar-refractivity contribution in [1.29, 1.82) is 0 Å². The molecule has 66 valence electrons. The van der Waals surface area contributed by atoms with Gasteiger partial charge in [0.15, 0.2) is 0 Å². The molecule has 1 aromatic rings. The van der Waals surface area contributed by atoms with E-state index in [2.05, 4.69) is 32.8 Å². The van der Waals surface area contributed by atoms with Crippen LogP contribution in [-0.2, 0) is 11.8 Å². The van der Waals surface area contributed by atoms with Crippen molar-refractivity contribution in [3.63, 3.8) is 0 Å². The minimum absolute atomic E-state index is 0.839. The van der Waals surface area contributed by atoms with Crippen LogP contribution in [0.25, 0.3) is 0 Å². The largest absolute Gasteiger partial charge is 0.241 e. The number of aromatic nitrogens is 2. The number of hydrogen-bond donors (Lipinski definition) is 0. The first kappa shape index (κ1) is 9.65. The van der Waals surface area contributed by atoms with Crippen molar-refractivity contribution in [2.24, 2.45) is 0 Å². The molecule has 0 aliphatic rings. The first-order valence-electron chi connectivity index (χ1n) is 4.15. The van der Waals surface area contributed by atoms with Gasteiger partial charge in [0, 0.05) is 29.2 Å². The molecule has 0 atom stereocenters. The summed E-state index contributed by atoms with van der Waals surface area (Å²) >= 11 is 3.39. The second-order valence-corrected chi connectivity index (χ2v) is 3.34. The van der Waals surface area contributed by atoms with Crippen molar-refractivity contribution >= 4 is 15.9 Å². The third-order valence-electron chi connectivity index (χ3n) is 1.75. The third-order valence-corrected chi connectivity index (χ3v) is 2.35. The van der Waals surface area contributed by atoms with Crippen molar-refractivity contribution in [2.45, 2.75) is 32.0 Å². The van der Waals surface area contributed by atoms with E-state index >= 15 is 0 Å². The van der Waals surface area contributed by atoms with E-state index in [-0.39, 0.29) is 0 Å². The molecule has 0 saturated heterocycles. The van der Waals surface area contributed by atoms with E-state index in [1.54, 1.807) is 0 Å². The zero-order valence-corrected chi connectivity index (χ0v) is 9.06. The Bertz CT molecular complexity index is 261. The molecule has 0 aromatic carbocycles. The number of nitrogens with zero attached hydrogens (tertiary/aromatic N) is 2. The van der Waals surface area contributed by atoms with Crippen molar-refractivity contribution in [2.75, 3.05) is 0 Å². The van der Waals surface area contributed by atoms with Gasteiger partial charge in [0.1, 0.15) is 5.82 Å². The highest BCUT2D eigenvalue weighted by Crippen LogP contribution is 2.08. The summed E-state index contributed by atoms with van der Waals surface area (Å²) in [6.07, 6.45) is 3.98. The number of rotatable bonds is 3. The summed E-state index contributed by atoms with van der Waals surface area (Å²) in [5, 5.41) is 0.839. The Balaban J connectivity index is 2.86. The van der Waals surface area contributed by atoms with Gasteiger partial charge in [-0.2, -0.15) is 0 Å². The molecule has 0 saturated carbocycles. The molecule has 0 spiro atoms. The van der Waals surface area contributed by atoms with Crippen LogP contribution < -0.4 is 0 Å². The lowest BCUT2D eigenvalue weighted by molar-refractivity contribution is 0.819. The standard InChI is InChI=1S/C9H13BrN2/c1-3-4-9-11-6-8(5-10)7(2)12-9/h6H,3-5H2,1-2H3. The maximum absolute atomic E-state index is 4.39. The quantitative estimate of drug-likeness (QED) is 0.744. The van der Waals surface area contributed by atoms with E-state index < -0.39 is 0 Å². The van der Waals surface area contributed by atoms with Crippen LogP contribution >= 0.6 is 15.9 Å². The van der Waals surface area contributed by atoms with Crippen LogP contribution in [0.3, 0.4) is 0 Å². The monoisotopic (exact) mass is 228 g/mol. The number of hydrogen-bond acceptors (Lipinski definition) is 2. The lowest BCUT2D eigenvalue weighted by Gasteiger charge is -2.02. The normalized spacial score (nSPS) is 10.2. The smallest absolute Gasteiger partial charge is 0.128 e. The minimum Gasteiger partial charge on any atom is -0.241 e. The molecule has 0 fully saturated rings. The summed E-state index contributed by atoms with van der Waals surface area (Å²) in [5.41, 5.74) is 2.26. The van der Waals surface area contributed by atoms with Crippen LogP contribution in [0.15, 0.2) is 6.20 Å². The topological polar surface area (TPSA) is 25.8 Å². The van der Waals surface area contributed by atoms with Crippen LogP contribution in [0.2, 0.25) is 0 Å². The first-order chi connectivity index (χ1) is 5.77. The number of alkyl halides is 1. The molecule has 0 amide bonds. The fourth-order valence-electron chi connectivity index (χ4n) is 1.02. The minimum atomic E-state index is 0.839. The third kappa shape index (κ3) is 2.27. The molecule has 0 bridgehead atoms. The maximum Gasteiger partial charge on any atom is 0.128 e. The molecular formula is C9H13BrN2. The van der Waals surface area contributed by atoms with E-state index in [0.29, 0.717) is 0 Å². The molecular weight excluding hydrogens is 216 g/mol. The van der Waals surface area contributed by atoms with Crippen molar-refractivity contribution in [3.05, 3.63) is 23.3 Å². The molecule has 12 heavy (non-hydrogen) atoms. The molecule has 1 aromatic heterocycles. The summed E-state index contributed by atoms with van der Waals surface area (Å²) in [7, 11) is 0. The first-order valence-corrected chi connectivity index (χ1v) is 5.27. The molecule has 2 nitrogen and oxygen atoms in total. The van der Waals surface area contributed by atoms with Crippen LogP contribution in [0.5, 0.6) is 0 Å². The van der Waals surface area contributed by atoms with Gasteiger partial charge < -0.3 is 0 Å². The van der Waals surface area contributed by atoms with Gasteiger partial charge in [-0.1, -0.05) is 22.9 Å². The van der Waals surface area contributed by atoms with Crippen molar-refractivity contribution in [1.82, 2.24) is 9.97 Å². The Morgan fingerprint density at radius 1 is 1.50 bits per heavy atom. The second-order valence-electron chi connectivity index (χ2n) is 2.78. The van der Waals surface area contributed by atoms with E-state index in [9.17, 15) is 0 Å². The van der Waals surface area contributed by atoms with Gasteiger partial charge in [0.2, 0.25) is 0 Å². The predicted molar refractivity (Wildman–Crippen MR) is 53.4 cm³/mol. The van der Waals surface area contributed by atoms with Gasteiger partial charge in [-0.15, -0.1) is 0 Å². The van der Waals surface area contributed by atoms with Crippen molar-refractivity contribution < 1.29 is 0 Å². The molecule has 0 radical (unpaired) electrons. The lowest BCUT2D eigenvalue weighted by Crippen LogP contribution is -1.99. The Kier molecular flexibility index (Phi) is 3.66. The summed E-state index contributed by atoms with van der Waals surface area (Å²) in [4.78, 5) is 8.65. The fourth-order valence-corrected chi connectivity index (χ4v) is 1.57. The second kappa shape index (κ2) is 4.55. The zero-order valence-electron chi connectivity index (χ0n) is 7.47. The molecule has 1 rings (SSSR count). The fraction of sp³-hybridized carbons (Fsp3) is 0.556. The lowest BCUT2D eigenvalue weighted by atomic mass is 10.2. The Labute approximate surface area is 81.6 Å². The molecule has 0 aliphatic carbocycles. The van der Waals surface area contributed by atoms with Gasteiger partial charge in [-0.25, -0.2) is 9.97 Å². The van der Waals surface area contributed by atoms with Gasteiger partial charge >= 0.3 is 0 Å². The van der Waals surface area contributed by atoms with E-state index in [1.165, 1.54) is 5.56 Å². The Morgan fingerprint density at radius 3 is 2.75 bits per heavy atom. The van der Waals surface area contributed by atoms with Gasteiger partial charge in [0.25, 0.3) is 0 Å². The van der Waals surface area contributed by atoms with Crippen LogP contribution in [0.4, 0.5) is 0 Å². The average molecular weight is 229 g/mol. The Hall–Kier alpha value is -0.440. The summed E-state index contributed by atoms with van der Waals surface area (Å²) < 4.78 is 0. The highest BCUT2D eigenvalue weighted by molar-refractivity contribution is 9.08. The average Bonchev–Trinajstić information content (AvgIpc) is 2.05. The highest BCUT2D eigenvalue weighted by Gasteiger charge is 2.00. The SMILES string of the molecule is CCCc1ncc(CBr)c(C)n1. The number of aryl methyl sites for hydroxylation is 2. The molecule has 1 heterocycles. The van der Waals surface area contributed by atoms with Crippen molar-refractivity contribution in [3.8, 4) is 0 Å². The predicted octanol–water partition coefficient (Wildman–Crippen LogP) is 2.63. The maximum atomic E-state index is 4.39. The van der Waals surface area contributed by atoms with Gasteiger partial charge in [-0.3, -0.25) is 0 Å². The Morgan fingerprint density at radius 2 is 2.25 bits per heavy atom.